The average molecular weight is 265 g/mol. The second-order valence-electron chi connectivity index (χ2n) is 5.53. The molecule has 3 heteroatoms. The third kappa shape index (κ3) is 6.19. The number of nitrogens with zero attached hydrogens (tertiary/aromatic N) is 1. The first-order chi connectivity index (χ1) is 9.02. The van der Waals surface area contributed by atoms with Crippen molar-refractivity contribution in [2.24, 2.45) is 5.92 Å². The molecule has 1 N–H and O–H groups in total. The summed E-state index contributed by atoms with van der Waals surface area (Å²) in [5.74, 6) is 0.280. The molecule has 108 valence electrons. The maximum Gasteiger partial charge on any atom is 0.0690 e. The van der Waals surface area contributed by atoms with Gasteiger partial charge in [-0.1, -0.05) is 43.7 Å². The van der Waals surface area contributed by atoms with Gasteiger partial charge in [0, 0.05) is 26.7 Å². The highest BCUT2D eigenvalue weighted by Crippen LogP contribution is 2.10. The second kappa shape index (κ2) is 8.31. The van der Waals surface area contributed by atoms with E-state index in [1.807, 2.05) is 13.8 Å². The Kier molecular flexibility index (Phi) is 7.06. The van der Waals surface area contributed by atoms with Gasteiger partial charge in [0.25, 0.3) is 0 Å². The zero-order chi connectivity index (χ0) is 14.3. The summed E-state index contributed by atoms with van der Waals surface area (Å²) >= 11 is 0. The van der Waals surface area contributed by atoms with Crippen molar-refractivity contribution in [2.75, 3.05) is 26.8 Å². The number of hydrogen-bond acceptors (Lipinski definition) is 3. The Morgan fingerprint density at radius 2 is 2.05 bits per heavy atom. The molecule has 1 unspecified atom stereocenters. The van der Waals surface area contributed by atoms with Gasteiger partial charge in [-0.3, -0.25) is 4.90 Å². The highest BCUT2D eigenvalue weighted by atomic mass is 16.5. The third-order valence-electron chi connectivity index (χ3n) is 3.32. The Hall–Kier alpha value is -0.900. The normalized spacial score (nSPS) is 13.2. The predicted octanol–water partition coefficient (Wildman–Crippen LogP) is 2.46. The Morgan fingerprint density at radius 3 is 2.63 bits per heavy atom. The largest absolute Gasteiger partial charge is 0.392 e. The smallest absolute Gasteiger partial charge is 0.0690 e. The van der Waals surface area contributed by atoms with Crippen LogP contribution in [0.3, 0.4) is 0 Å². The Morgan fingerprint density at radius 1 is 1.32 bits per heavy atom. The number of benzene rings is 1. The average Bonchev–Trinajstić information content (AvgIpc) is 2.35. The molecule has 1 rings (SSSR count). The van der Waals surface area contributed by atoms with Crippen molar-refractivity contribution >= 4 is 0 Å². The minimum absolute atomic E-state index is 0.280. The van der Waals surface area contributed by atoms with Crippen molar-refractivity contribution < 1.29 is 9.84 Å². The predicted molar refractivity (Wildman–Crippen MR) is 79.2 cm³/mol. The van der Waals surface area contributed by atoms with E-state index in [1.54, 1.807) is 7.11 Å². The van der Waals surface area contributed by atoms with Crippen LogP contribution in [0.5, 0.6) is 0 Å². The molecular weight excluding hydrogens is 238 g/mol. The number of aliphatic hydroxyl groups excluding tert-OH is 1. The van der Waals surface area contributed by atoms with Crippen molar-refractivity contribution in [2.45, 2.75) is 33.4 Å². The first-order valence-electron chi connectivity index (χ1n) is 6.98. The molecule has 0 amide bonds. The Bertz CT molecular complexity index is 366. The summed E-state index contributed by atoms with van der Waals surface area (Å²) in [5, 5.41) is 10.0. The molecule has 0 aromatic heterocycles. The highest BCUT2D eigenvalue weighted by Gasteiger charge is 2.15. The number of ether oxygens (including phenoxy) is 1. The van der Waals surface area contributed by atoms with Crippen LogP contribution in [0.1, 0.15) is 25.0 Å². The fourth-order valence-electron chi connectivity index (χ4n) is 2.00. The van der Waals surface area contributed by atoms with E-state index in [1.165, 1.54) is 11.1 Å². The molecule has 0 radical (unpaired) electrons. The van der Waals surface area contributed by atoms with E-state index in [4.69, 9.17) is 4.74 Å². The number of rotatable bonds is 8. The van der Waals surface area contributed by atoms with Gasteiger partial charge in [0.2, 0.25) is 0 Å². The molecule has 0 aliphatic heterocycles. The van der Waals surface area contributed by atoms with Crippen LogP contribution in [-0.4, -0.2) is 42.9 Å². The molecule has 3 nitrogen and oxygen atoms in total. The molecule has 0 aliphatic rings. The van der Waals surface area contributed by atoms with Gasteiger partial charge in [0.1, 0.15) is 0 Å². The summed E-state index contributed by atoms with van der Waals surface area (Å²) in [6, 6.07) is 8.51. The summed E-state index contributed by atoms with van der Waals surface area (Å²) < 4.78 is 5.15. The monoisotopic (exact) mass is 265 g/mol. The van der Waals surface area contributed by atoms with Crippen molar-refractivity contribution in [3.8, 4) is 0 Å². The summed E-state index contributed by atoms with van der Waals surface area (Å²) in [5.41, 5.74) is 2.56. The number of aliphatic hydroxyl groups is 1. The van der Waals surface area contributed by atoms with Gasteiger partial charge in [0.15, 0.2) is 0 Å². The Labute approximate surface area is 117 Å². The van der Waals surface area contributed by atoms with Gasteiger partial charge in [-0.05, 0) is 18.4 Å². The Balaban J connectivity index is 2.63. The van der Waals surface area contributed by atoms with Crippen LogP contribution in [0.25, 0.3) is 0 Å². The van der Waals surface area contributed by atoms with Crippen molar-refractivity contribution in [3.63, 3.8) is 0 Å². The van der Waals surface area contributed by atoms with E-state index in [0.29, 0.717) is 13.2 Å². The zero-order valence-electron chi connectivity index (χ0n) is 12.6. The molecule has 0 aliphatic carbocycles. The lowest BCUT2D eigenvalue weighted by molar-refractivity contribution is 0.0592. The van der Waals surface area contributed by atoms with E-state index in [9.17, 15) is 5.11 Å². The topological polar surface area (TPSA) is 32.7 Å². The molecule has 0 saturated heterocycles. The minimum Gasteiger partial charge on any atom is -0.392 e. The molecule has 0 fully saturated rings. The van der Waals surface area contributed by atoms with Crippen LogP contribution in [0.4, 0.5) is 0 Å². The maximum atomic E-state index is 10.0. The van der Waals surface area contributed by atoms with Gasteiger partial charge in [-0.2, -0.15) is 0 Å². The lowest BCUT2D eigenvalue weighted by Gasteiger charge is -2.26. The zero-order valence-corrected chi connectivity index (χ0v) is 12.6. The highest BCUT2D eigenvalue weighted by molar-refractivity contribution is 5.22. The lowest BCUT2D eigenvalue weighted by atomic mass is 10.1. The molecule has 0 heterocycles. The van der Waals surface area contributed by atoms with Crippen LogP contribution >= 0.6 is 0 Å². The minimum atomic E-state index is -0.290. The van der Waals surface area contributed by atoms with Crippen LogP contribution in [0, 0.1) is 12.8 Å². The molecule has 0 saturated carbocycles. The van der Waals surface area contributed by atoms with Crippen molar-refractivity contribution in [1.82, 2.24) is 4.90 Å². The van der Waals surface area contributed by atoms with E-state index >= 15 is 0 Å². The molecule has 1 aromatic carbocycles. The second-order valence-corrected chi connectivity index (χ2v) is 5.53. The van der Waals surface area contributed by atoms with E-state index in [-0.39, 0.29) is 12.0 Å². The fourth-order valence-corrected chi connectivity index (χ4v) is 2.00. The van der Waals surface area contributed by atoms with E-state index in [2.05, 4.69) is 36.1 Å². The summed E-state index contributed by atoms with van der Waals surface area (Å²) in [6.45, 7) is 9.28. The number of aryl methyl sites for hydroxylation is 1. The summed E-state index contributed by atoms with van der Waals surface area (Å²) in [6.07, 6.45) is -0.290. The molecule has 1 aromatic rings. The quantitative estimate of drug-likeness (QED) is 0.784. The van der Waals surface area contributed by atoms with E-state index in [0.717, 1.165) is 13.1 Å². The molecule has 1 atom stereocenters. The van der Waals surface area contributed by atoms with Crippen LogP contribution < -0.4 is 0 Å². The number of hydrogen-bond donors (Lipinski definition) is 1. The molecular formula is C16H27NO2. The van der Waals surface area contributed by atoms with Crippen LogP contribution in [-0.2, 0) is 11.3 Å². The van der Waals surface area contributed by atoms with Gasteiger partial charge in [-0.25, -0.2) is 0 Å². The van der Waals surface area contributed by atoms with Gasteiger partial charge in [0.05, 0.1) is 12.7 Å². The third-order valence-corrected chi connectivity index (χ3v) is 3.32. The van der Waals surface area contributed by atoms with Crippen molar-refractivity contribution in [1.29, 1.82) is 0 Å². The van der Waals surface area contributed by atoms with Crippen molar-refractivity contribution in [3.05, 3.63) is 35.4 Å². The van der Waals surface area contributed by atoms with Gasteiger partial charge < -0.3 is 9.84 Å². The summed E-state index contributed by atoms with van der Waals surface area (Å²) in [4.78, 5) is 2.25. The standard InChI is InChI=1S/C16H27NO2/c1-13(2)16(18)12-17(8-9-19-4)11-15-7-5-6-14(3)10-15/h5-7,10,13,16,18H,8-9,11-12H2,1-4H3. The molecule has 0 spiro atoms. The summed E-state index contributed by atoms with van der Waals surface area (Å²) in [7, 11) is 1.71. The van der Waals surface area contributed by atoms with Gasteiger partial charge >= 0.3 is 0 Å². The van der Waals surface area contributed by atoms with Crippen LogP contribution in [0.2, 0.25) is 0 Å². The van der Waals surface area contributed by atoms with Gasteiger partial charge in [-0.15, -0.1) is 0 Å². The first-order valence-corrected chi connectivity index (χ1v) is 6.98. The maximum absolute atomic E-state index is 10.0. The molecule has 19 heavy (non-hydrogen) atoms. The van der Waals surface area contributed by atoms with E-state index < -0.39 is 0 Å². The number of methoxy groups -OCH3 is 1. The fraction of sp³-hybridized carbons (Fsp3) is 0.625. The molecule has 0 bridgehead atoms. The first kappa shape index (κ1) is 16.2. The van der Waals surface area contributed by atoms with Crippen LogP contribution in [0.15, 0.2) is 24.3 Å². The SMILES string of the molecule is COCCN(Cc1cccc(C)c1)CC(O)C(C)C. The lowest BCUT2D eigenvalue weighted by Crippen LogP contribution is -2.36.